The Morgan fingerprint density at radius 1 is 1.29 bits per heavy atom. The molecule has 0 aliphatic heterocycles. The summed E-state index contributed by atoms with van der Waals surface area (Å²) in [6.45, 7) is 1.19. The van der Waals surface area contributed by atoms with Crippen molar-refractivity contribution in [1.82, 2.24) is 4.98 Å². The van der Waals surface area contributed by atoms with Crippen molar-refractivity contribution in [3.63, 3.8) is 0 Å². The van der Waals surface area contributed by atoms with Gasteiger partial charge in [-0.15, -0.1) is 0 Å². The predicted molar refractivity (Wildman–Crippen MR) is 89.0 cm³/mol. The molecule has 6 heteroatoms. The molecule has 0 fully saturated rings. The van der Waals surface area contributed by atoms with E-state index >= 15 is 0 Å². The maximum Gasteiger partial charge on any atom is 0.146 e. The molecular weight excluding hydrogens is 332 g/mol. The Bertz CT molecular complexity index is 616. The van der Waals surface area contributed by atoms with Crippen LogP contribution in [0.25, 0.3) is 0 Å². The molecule has 21 heavy (non-hydrogen) atoms. The van der Waals surface area contributed by atoms with Crippen LogP contribution in [0.2, 0.25) is 0 Å². The van der Waals surface area contributed by atoms with Gasteiger partial charge in [0.15, 0.2) is 0 Å². The average molecular weight is 349 g/mol. The SMILES string of the molecule is CN=C(N)c1nc(Br)ccc1NCCOc1ccccc1. The third-order valence-electron chi connectivity index (χ3n) is 2.77. The number of benzene rings is 1. The zero-order valence-corrected chi connectivity index (χ0v) is 13.3. The largest absolute Gasteiger partial charge is 0.492 e. The molecule has 0 aliphatic rings. The van der Waals surface area contributed by atoms with Crippen LogP contribution in [0, 0.1) is 0 Å². The lowest BCUT2D eigenvalue weighted by atomic mass is 10.2. The van der Waals surface area contributed by atoms with Crippen molar-refractivity contribution in [2.45, 2.75) is 0 Å². The molecule has 5 nitrogen and oxygen atoms in total. The normalized spacial score (nSPS) is 11.2. The third-order valence-corrected chi connectivity index (χ3v) is 3.22. The van der Waals surface area contributed by atoms with Crippen molar-refractivity contribution in [3.05, 3.63) is 52.8 Å². The van der Waals surface area contributed by atoms with Crippen LogP contribution in [-0.4, -0.2) is 31.0 Å². The Morgan fingerprint density at radius 3 is 2.76 bits per heavy atom. The van der Waals surface area contributed by atoms with Gasteiger partial charge < -0.3 is 15.8 Å². The van der Waals surface area contributed by atoms with E-state index in [1.807, 2.05) is 42.5 Å². The summed E-state index contributed by atoms with van der Waals surface area (Å²) >= 11 is 3.33. The number of hydrogen-bond acceptors (Lipinski definition) is 4. The van der Waals surface area contributed by atoms with E-state index in [0.29, 0.717) is 24.7 Å². The van der Waals surface area contributed by atoms with Crippen LogP contribution in [0.4, 0.5) is 5.69 Å². The second-order valence-corrected chi connectivity index (χ2v) is 5.04. The molecule has 110 valence electrons. The van der Waals surface area contributed by atoms with E-state index in [4.69, 9.17) is 10.5 Å². The Kier molecular flexibility index (Phi) is 5.57. The van der Waals surface area contributed by atoms with Crippen molar-refractivity contribution in [2.75, 3.05) is 25.5 Å². The fourth-order valence-electron chi connectivity index (χ4n) is 1.75. The summed E-state index contributed by atoms with van der Waals surface area (Å²) < 4.78 is 6.34. The van der Waals surface area contributed by atoms with E-state index in [1.165, 1.54) is 0 Å². The van der Waals surface area contributed by atoms with Gasteiger partial charge in [0.2, 0.25) is 0 Å². The topological polar surface area (TPSA) is 72.5 Å². The highest BCUT2D eigenvalue weighted by Gasteiger charge is 2.08. The average Bonchev–Trinajstić information content (AvgIpc) is 2.53. The van der Waals surface area contributed by atoms with E-state index in [2.05, 4.69) is 31.2 Å². The summed E-state index contributed by atoms with van der Waals surface area (Å²) in [6.07, 6.45) is 0. The van der Waals surface area contributed by atoms with Gasteiger partial charge in [-0.05, 0) is 40.2 Å². The Hall–Kier alpha value is -2.08. The number of rotatable bonds is 6. The molecule has 0 bridgehead atoms. The standard InChI is InChI=1S/C15H17BrN4O/c1-18-15(17)14-12(7-8-13(16)20-14)19-9-10-21-11-5-3-2-4-6-11/h2-8,19H,9-10H2,1H3,(H2,17,18). The van der Waals surface area contributed by atoms with Crippen LogP contribution < -0.4 is 15.8 Å². The zero-order chi connectivity index (χ0) is 15.1. The van der Waals surface area contributed by atoms with Crippen LogP contribution in [0.1, 0.15) is 5.69 Å². The highest BCUT2D eigenvalue weighted by atomic mass is 79.9. The highest BCUT2D eigenvalue weighted by Crippen LogP contribution is 2.17. The monoisotopic (exact) mass is 348 g/mol. The molecular formula is C15H17BrN4O. The number of anilines is 1. The third kappa shape index (κ3) is 4.46. The first-order valence-electron chi connectivity index (χ1n) is 6.51. The maximum atomic E-state index is 5.85. The number of aromatic nitrogens is 1. The van der Waals surface area contributed by atoms with Crippen LogP contribution in [0.3, 0.4) is 0 Å². The van der Waals surface area contributed by atoms with E-state index in [9.17, 15) is 0 Å². The van der Waals surface area contributed by atoms with E-state index in [1.54, 1.807) is 7.05 Å². The number of para-hydroxylation sites is 1. The Morgan fingerprint density at radius 2 is 2.05 bits per heavy atom. The van der Waals surface area contributed by atoms with E-state index < -0.39 is 0 Å². The first kappa shape index (κ1) is 15.3. The summed E-state index contributed by atoms with van der Waals surface area (Å²) in [4.78, 5) is 8.31. The second-order valence-electron chi connectivity index (χ2n) is 4.23. The fourth-order valence-corrected chi connectivity index (χ4v) is 2.06. The lowest BCUT2D eigenvalue weighted by Gasteiger charge is -2.12. The van der Waals surface area contributed by atoms with Gasteiger partial charge in [0.25, 0.3) is 0 Å². The minimum absolute atomic E-state index is 0.391. The molecule has 1 aromatic carbocycles. The quantitative estimate of drug-likeness (QED) is 0.364. The Balaban J connectivity index is 1.94. The minimum atomic E-state index is 0.391. The predicted octanol–water partition coefficient (Wildman–Crippen LogP) is 2.67. The smallest absolute Gasteiger partial charge is 0.146 e. The van der Waals surface area contributed by atoms with Gasteiger partial charge in [-0.3, -0.25) is 4.99 Å². The summed E-state index contributed by atoms with van der Waals surface area (Å²) in [5.41, 5.74) is 7.32. The van der Waals surface area contributed by atoms with E-state index in [0.717, 1.165) is 16.0 Å². The number of nitrogens with two attached hydrogens (primary N) is 1. The van der Waals surface area contributed by atoms with Gasteiger partial charge in [-0.25, -0.2) is 4.98 Å². The van der Waals surface area contributed by atoms with Gasteiger partial charge in [0.05, 0.1) is 5.69 Å². The molecule has 0 atom stereocenters. The summed E-state index contributed by atoms with van der Waals surface area (Å²) in [5, 5.41) is 3.26. The second kappa shape index (κ2) is 7.64. The van der Waals surface area contributed by atoms with Gasteiger partial charge >= 0.3 is 0 Å². The molecule has 0 amide bonds. The number of amidine groups is 1. The molecule has 3 N–H and O–H groups in total. The lowest BCUT2D eigenvalue weighted by molar-refractivity contribution is 0.333. The molecule has 0 saturated heterocycles. The number of hydrogen-bond donors (Lipinski definition) is 2. The number of pyridine rings is 1. The molecule has 0 spiro atoms. The molecule has 0 radical (unpaired) electrons. The number of ether oxygens (including phenoxy) is 1. The first-order chi connectivity index (χ1) is 10.2. The van der Waals surface area contributed by atoms with Gasteiger partial charge in [-0.1, -0.05) is 18.2 Å². The summed E-state index contributed by atoms with van der Waals surface area (Å²) in [5.74, 6) is 1.24. The van der Waals surface area contributed by atoms with Crippen molar-refractivity contribution in [3.8, 4) is 5.75 Å². The number of nitrogens with zero attached hydrogens (tertiary/aromatic N) is 2. The molecule has 0 unspecified atom stereocenters. The first-order valence-corrected chi connectivity index (χ1v) is 7.31. The molecule has 1 aromatic heterocycles. The van der Waals surface area contributed by atoms with Crippen molar-refractivity contribution in [2.24, 2.45) is 10.7 Å². The van der Waals surface area contributed by atoms with Crippen molar-refractivity contribution < 1.29 is 4.74 Å². The summed E-state index contributed by atoms with van der Waals surface area (Å²) in [6, 6.07) is 13.5. The van der Waals surface area contributed by atoms with Gasteiger partial charge in [0.1, 0.15) is 28.5 Å². The highest BCUT2D eigenvalue weighted by molar-refractivity contribution is 9.10. The number of aliphatic imine (C=N–C) groups is 1. The fraction of sp³-hybridized carbons (Fsp3) is 0.200. The zero-order valence-electron chi connectivity index (χ0n) is 11.7. The molecule has 1 heterocycles. The van der Waals surface area contributed by atoms with Crippen molar-refractivity contribution >= 4 is 27.5 Å². The molecule has 0 saturated carbocycles. The number of halogens is 1. The van der Waals surface area contributed by atoms with Crippen LogP contribution in [0.15, 0.2) is 52.1 Å². The van der Waals surface area contributed by atoms with Crippen LogP contribution >= 0.6 is 15.9 Å². The summed E-state index contributed by atoms with van der Waals surface area (Å²) in [7, 11) is 1.64. The molecule has 0 aliphatic carbocycles. The minimum Gasteiger partial charge on any atom is -0.492 e. The molecule has 2 rings (SSSR count). The van der Waals surface area contributed by atoms with Crippen LogP contribution in [0.5, 0.6) is 5.75 Å². The van der Waals surface area contributed by atoms with Gasteiger partial charge in [0, 0.05) is 13.6 Å². The van der Waals surface area contributed by atoms with E-state index in [-0.39, 0.29) is 0 Å². The molecule has 2 aromatic rings. The lowest BCUT2D eigenvalue weighted by Crippen LogP contribution is -2.20. The Labute approximate surface area is 132 Å². The number of nitrogens with one attached hydrogen (secondary N) is 1. The maximum absolute atomic E-state index is 5.85. The van der Waals surface area contributed by atoms with Crippen molar-refractivity contribution in [1.29, 1.82) is 0 Å². The van der Waals surface area contributed by atoms with Crippen LogP contribution in [-0.2, 0) is 0 Å². The van der Waals surface area contributed by atoms with Gasteiger partial charge in [-0.2, -0.15) is 0 Å².